The lowest BCUT2D eigenvalue weighted by atomic mass is 9.64. The van der Waals surface area contributed by atoms with Crippen LogP contribution in [-0.4, -0.2) is 47.3 Å². The number of amides is 1. The zero-order valence-corrected chi connectivity index (χ0v) is 28.2. The van der Waals surface area contributed by atoms with Crippen LogP contribution < -0.4 is 14.4 Å². The zero-order chi connectivity index (χ0) is 32.6. The predicted molar refractivity (Wildman–Crippen MR) is 179 cm³/mol. The topological polar surface area (TPSA) is 114 Å². The summed E-state index contributed by atoms with van der Waals surface area (Å²) in [6.45, 7) is 5.12. The maximum absolute atomic E-state index is 13.4. The number of anilines is 1. The predicted octanol–water partition coefficient (Wildman–Crippen LogP) is 5.75. The Bertz CT molecular complexity index is 1740. The third kappa shape index (κ3) is 6.44. The molecule has 9 nitrogen and oxygen atoms in total. The van der Waals surface area contributed by atoms with Crippen molar-refractivity contribution in [3.05, 3.63) is 88.5 Å². The SMILES string of the molecule is C[C@@H]1[C@@H](C)C/C=C/[C@@](O)(c2nccn2C)[C@@H]2CC[C@H]2CN2CCCCc3cc(Cl)ccc3COc3ccc(cc32)C(=O)NS1(=O)=O. The minimum Gasteiger partial charge on any atom is -0.487 e. The van der Waals surface area contributed by atoms with Crippen molar-refractivity contribution in [3.8, 4) is 5.75 Å². The number of nitrogens with zero attached hydrogens (tertiary/aromatic N) is 3. The lowest BCUT2D eigenvalue weighted by Gasteiger charge is -2.47. The number of halogens is 1. The highest BCUT2D eigenvalue weighted by Crippen LogP contribution is 2.48. The highest BCUT2D eigenvalue weighted by Gasteiger charge is 2.49. The maximum Gasteiger partial charge on any atom is 0.264 e. The number of sulfonamides is 1. The lowest BCUT2D eigenvalue weighted by Crippen LogP contribution is -2.49. The van der Waals surface area contributed by atoms with Gasteiger partial charge in [-0.05, 0) is 105 Å². The number of carbonyl (C=O) groups is 1. The molecule has 11 heteroatoms. The van der Waals surface area contributed by atoms with Crippen molar-refractivity contribution in [3.63, 3.8) is 0 Å². The monoisotopic (exact) mass is 666 g/mol. The summed E-state index contributed by atoms with van der Waals surface area (Å²) in [5.41, 5.74) is 1.87. The number of aromatic nitrogens is 2. The van der Waals surface area contributed by atoms with Crippen molar-refractivity contribution in [1.82, 2.24) is 14.3 Å². The van der Waals surface area contributed by atoms with E-state index in [0.717, 1.165) is 48.9 Å². The first-order valence-corrected chi connectivity index (χ1v) is 18.1. The first kappa shape index (κ1) is 32.6. The Morgan fingerprint density at radius 1 is 1.11 bits per heavy atom. The number of ether oxygens (including phenoxy) is 1. The second-order valence-electron chi connectivity index (χ2n) is 13.2. The molecule has 3 heterocycles. The van der Waals surface area contributed by atoms with Crippen LogP contribution in [0.1, 0.15) is 73.3 Å². The maximum atomic E-state index is 13.4. The van der Waals surface area contributed by atoms with E-state index < -0.39 is 26.8 Å². The molecular formula is C35H43ClN4O5S. The summed E-state index contributed by atoms with van der Waals surface area (Å²) in [7, 11) is -2.11. The molecule has 3 aromatic rings. The van der Waals surface area contributed by atoms with Gasteiger partial charge in [0, 0.05) is 49.0 Å². The number of carbonyl (C=O) groups excluding carboxylic acids is 1. The van der Waals surface area contributed by atoms with E-state index in [1.54, 1.807) is 31.3 Å². The van der Waals surface area contributed by atoms with Crippen molar-refractivity contribution < 1.29 is 23.1 Å². The van der Waals surface area contributed by atoms with Gasteiger partial charge in [0.1, 0.15) is 23.8 Å². The van der Waals surface area contributed by atoms with Gasteiger partial charge in [0.25, 0.3) is 5.91 Å². The Labute approximate surface area is 276 Å². The number of allylic oxidation sites excluding steroid dienone is 1. The Balaban J connectivity index is 1.44. The fraction of sp³-hybridized carbons (Fsp3) is 0.486. The molecule has 1 amide bonds. The molecule has 1 fully saturated rings. The molecule has 246 valence electrons. The van der Waals surface area contributed by atoms with E-state index in [1.807, 2.05) is 55.1 Å². The van der Waals surface area contributed by atoms with Crippen LogP contribution in [0, 0.1) is 17.8 Å². The van der Waals surface area contributed by atoms with Gasteiger partial charge in [0.15, 0.2) is 0 Å². The van der Waals surface area contributed by atoms with Crippen LogP contribution in [0.5, 0.6) is 5.75 Å². The van der Waals surface area contributed by atoms with E-state index in [2.05, 4.69) is 14.6 Å². The smallest absolute Gasteiger partial charge is 0.264 e. The lowest BCUT2D eigenvalue weighted by molar-refractivity contribution is -0.0575. The minimum atomic E-state index is -3.99. The van der Waals surface area contributed by atoms with Gasteiger partial charge in [-0.25, -0.2) is 18.1 Å². The molecule has 2 aliphatic heterocycles. The molecule has 0 spiro atoms. The molecular weight excluding hydrogens is 624 g/mol. The minimum absolute atomic E-state index is 0.102. The van der Waals surface area contributed by atoms with Gasteiger partial charge >= 0.3 is 0 Å². The summed E-state index contributed by atoms with van der Waals surface area (Å²) in [5.74, 6) is 0.244. The Kier molecular flexibility index (Phi) is 9.24. The average Bonchev–Trinajstić information content (AvgIpc) is 3.43. The molecule has 1 aliphatic carbocycles. The summed E-state index contributed by atoms with van der Waals surface area (Å²) >= 11 is 6.34. The summed E-state index contributed by atoms with van der Waals surface area (Å²) in [6.07, 6.45) is 12.1. The highest BCUT2D eigenvalue weighted by molar-refractivity contribution is 7.90. The Hall–Kier alpha value is -3.34. The largest absolute Gasteiger partial charge is 0.487 e. The number of hydrogen-bond donors (Lipinski definition) is 2. The molecule has 2 bridgehead atoms. The van der Waals surface area contributed by atoms with Gasteiger partial charge in [-0.1, -0.05) is 30.7 Å². The molecule has 0 saturated heterocycles. The molecule has 5 atom stereocenters. The quantitative estimate of drug-likeness (QED) is 0.318. The fourth-order valence-corrected chi connectivity index (χ4v) is 8.57. The van der Waals surface area contributed by atoms with Gasteiger partial charge < -0.3 is 19.3 Å². The Morgan fingerprint density at radius 2 is 1.93 bits per heavy atom. The summed E-state index contributed by atoms with van der Waals surface area (Å²) in [6, 6.07) is 11.0. The molecule has 1 saturated carbocycles. The van der Waals surface area contributed by atoms with Crippen molar-refractivity contribution in [2.75, 3.05) is 18.0 Å². The number of imidazole rings is 1. The Morgan fingerprint density at radius 3 is 2.67 bits per heavy atom. The second-order valence-corrected chi connectivity index (χ2v) is 15.7. The standard InChI is InChI=1S/C35H43ClN4O5S/c1-23-7-6-15-35(42,34-37-16-18-39(34)3)30-13-10-27(30)21-40-17-5-4-8-25-19-29(36)12-9-28(25)22-45-32-14-11-26(20-31(32)40)33(41)38-46(43,44)24(23)2/h6,9,11-12,14-16,18-20,23-24,27,30,42H,4-5,7-8,10,13,17,21-22H2,1-3H3,(H,38,41)/b15-6+/t23-,24+,27-,30+,35-/m0/s1. The van der Waals surface area contributed by atoms with E-state index in [4.69, 9.17) is 16.3 Å². The first-order valence-electron chi connectivity index (χ1n) is 16.2. The first-order chi connectivity index (χ1) is 22.0. The summed E-state index contributed by atoms with van der Waals surface area (Å²) < 4.78 is 37.4. The van der Waals surface area contributed by atoms with Gasteiger partial charge in [-0.15, -0.1) is 0 Å². The van der Waals surface area contributed by atoms with Crippen LogP contribution in [0.4, 0.5) is 5.69 Å². The summed E-state index contributed by atoms with van der Waals surface area (Å²) in [5, 5.41) is 12.3. The van der Waals surface area contributed by atoms with Crippen LogP contribution in [-0.2, 0) is 35.7 Å². The van der Waals surface area contributed by atoms with Crippen LogP contribution in [0.25, 0.3) is 0 Å². The van der Waals surface area contributed by atoms with Gasteiger partial charge in [-0.2, -0.15) is 0 Å². The number of fused-ring (bicyclic) bond motifs is 3. The number of nitrogens with one attached hydrogen (secondary N) is 1. The van der Waals surface area contributed by atoms with Gasteiger partial charge in [-0.3, -0.25) is 4.79 Å². The molecule has 3 aliphatic rings. The van der Waals surface area contributed by atoms with Crippen molar-refractivity contribution >= 4 is 33.2 Å². The van der Waals surface area contributed by atoms with Crippen LogP contribution in [0.2, 0.25) is 5.02 Å². The van der Waals surface area contributed by atoms with E-state index in [0.29, 0.717) is 42.7 Å². The summed E-state index contributed by atoms with van der Waals surface area (Å²) in [4.78, 5) is 20.3. The molecule has 6 rings (SSSR count). The third-order valence-electron chi connectivity index (χ3n) is 10.3. The molecule has 0 radical (unpaired) electrons. The molecule has 2 N–H and O–H groups in total. The second kappa shape index (κ2) is 13.0. The van der Waals surface area contributed by atoms with Crippen LogP contribution in [0.15, 0.2) is 60.9 Å². The van der Waals surface area contributed by atoms with Crippen LogP contribution >= 0.6 is 11.6 Å². The van der Waals surface area contributed by atoms with Crippen molar-refractivity contribution in [2.24, 2.45) is 24.8 Å². The third-order valence-corrected chi connectivity index (χ3v) is 12.4. The zero-order valence-electron chi connectivity index (χ0n) is 26.7. The normalized spacial score (nSPS) is 29.2. The molecule has 1 aromatic heterocycles. The van der Waals surface area contributed by atoms with E-state index in [-0.39, 0.29) is 23.3 Å². The van der Waals surface area contributed by atoms with E-state index in [1.165, 1.54) is 0 Å². The molecule has 0 unspecified atom stereocenters. The highest BCUT2D eigenvalue weighted by atomic mass is 35.5. The number of benzene rings is 2. The molecule has 46 heavy (non-hydrogen) atoms. The van der Waals surface area contributed by atoms with Crippen molar-refractivity contribution in [2.45, 2.75) is 69.8 Å². The number of aryl methyl sites for hydroxylation is 2. The van der Waals surface area contributed by atoms with E-state index >= 15 is 0 Å². The number of aliphatic hydroxyl groups is 1. The van der Waals surface area contributed by atoms with E-state index in [9.17, 15) is 18.3 Å². The number of rotatable bonds is 1. The average molecular weight is 667 g/mol. The van der Waals surface area contributed by atoms with Gasteiger partial charge in [0.05, 0.1) is 10.9 Å². The van der Waals surface area contributed by atoms with Crippen LogP contribution in [0.3, 0.4) is 0 Å². The van der Waals surface area contributed by atoms with Gasteiger partial charge in [0.2, 0.25) is 10.0 Å². The fourth-order valence-electron chi connectivity index (χ4n) is 7.09. The molecule has 2 aromatic carbocycles. The van der Waals surface area contributed by atoms with Crippen molar-refractivity contribution in [1.29, 1.82) is 0 Å². The number of hydrogen-bond acceptors (Lipinski definition) is 7.